The maximum absolute atomic E-state index is 13.1. The van der Waals surface area contributed by atoms with E-state index in [4.69, 9.17) is 0 Å². The van der Waals surface area contributed by atoms with E-state index in [-0.39, 0.29) is 0 Å². The number of benzene rings is 1. The summed E-state index contributed by atoms with van der Waals surface area (Å²) in [6.07, 6.45) is 5.35. The van der Waals surface area contributed by atoms with Crippen molar-refractivity contribution in [3.05, 3.63) is 83.2 Å². The predicted octanol–water partition coefficient (Wildman–Crippen LogP) is 2.89. The Morgan fingerprint density at radius 2 is 1.87 bits per heavy atom. The smallest absolute Gasteiger partial charge is 0.335 e. The van der Waals surface area contributed by atoms with Crippen LogP contribution in [0.3, 0.4) is 0 Å². The highest BCUT2D eigenvalue weighted by molar-refractivity contribution is 5.83. The summed E-state index contributed by atoms with van der Waals surface area (Å²) in [6.45, 7) is 1.48. The van der Waals surface area contributed by atoms with Gasteiger partial charge < -0.3 is 5.11 Å². The molecule has 0 radical (unpaired) electrons. The van der Waals surface area contributed by atoms with Crippen LogP contribution >= 0.6 is 0 Å². The Kier molecular flexibility index (Phi) is 3.99. The van der Waals surface area contributed by atoms with Crippen LogP contribution in [0.5, 0.6) is 0 Å². The van der Waals surface area contributed by atoms with Gasteiger partial charge in [-0.25, -0.2) is 18.9 Å². The van der Waals surface area contributed by atoms with Gasteiger partial charge in [-0.05, 0) is 42.8 Å². The first kappa shape index (κ1) is 17.9. The van der Waals surface area contributed by atoms with E-state index >= 15 is 0 Å². The minimum atomic E-state index is -1.07. The number of aryl methyl sites for hydroxylation is 1. The number of carboxylic acid groups (broad SMARTS) is 1. The lowest BCUT2D eigenvalue weighted by Gasteiger charge is -2.06. The molecule has 0 unspecified atom stereocenters. The molecule has 4 heterocycles. The van der Waals surface area contributed by atoms with Gasteiger partial charge in [-0.15, -0.1) is 0 Å². The zero-order chi connectivity index (χ0) is 20.8. The monoisotopic (exact) mass is 399 g/mol. The summed E-state index contributed by atoms with van der Waals surface area (Å²) in [5.41, 5.74) is 4.42. The summed E-state index contributed by atoms with van der Waals surface area (Å²) < 4.78 is 4.51. The molecular weight excluding hydrogens is 382 g/mol. The summed E-state index contributed by atoms with van der Waals surface area (Å²) in [7, 11) is 0. The molecule has 0 bridgehead atoms. The first-order valence-electron chi connectivity index (χ1n) is 9.36. The first-order chi connectivity index (χ1) is 14.5. The number of fused-ring (bicyclic) bond motifs is 2. The van der Waals surface area contributed by atoms with Crippen molar-refractivity contribution in [2.45, 2.75) is 13.5 Å². The van der Waals surface area contributed by atoms with Crippen LogP contribution in [-0.4, -0.2) is 34.8 Å². The average Bonchev–Trinajstić information content (AvgIpc) is 3.29. The van der Waals surface area contributed by atoms with Gasteiger partial charge in [-0.1, -0.05) is 18.2 Å². The summed E-state index contributed by atoms with van der Waals surface area (Å²) in [6, 6.07) is 14.9. The topological polar surface area (TPSA) is 94.4 Å². The number of imidazole rings is 1. The van der Waals surface area contributed by atoms with E-state index in [1.807, 2.05) is 49.5 Å². The van der Waals surface area contributed by atoms with Gasteiger partial charge in [0.15, 0.2) is 0 Å². The standard InChI is InChI=1S/C22H17N5O3/c1-14-5-4-7-18-21(14)27(22(30)25(18)13-20(28)29)19-9-8-15(11-23-19)16-12-24-26-10-3-2-6-17(16)26/h2-12H,13H2,1H3,(H,28,29). The van der Waals surface area contributed by atoms with Crippen LogP contribution in [0.15, 0.2) is 71.9 Å². The van der Waals surface area contributed by atoms with Crippen LogP contribution in [0, 0.1) is 6.92 Å². The summed E-state index contributed by atoms with van der Waals surface area (Å²) in [4.78, 5) is 28.9. The zero-order valence-electron chi connectivity index (χ0n) is 16.1. The Hall–Kier alpha value is -4.20. The fourth-order valence-corrected chi connectivity index (χ4v) is 3.81. The van der Waals surface area contributed by atoms with Crippen LogP contribution in [-0.2, 0) is 11.3 Å². The third-order valence-corrected chi connectivity index (χ3v) is 5.16. The highest BCUT2D eigenvalue weighted by Crippen LogP contribution is 2.25. The predicted molar refractivity (Wildman–Crippen MR) is 112 cm³/mol. The summed E-state index contributed by atoms with van der Waals surface area (Å²) >= 11 is 0. The number of carboxylic acids is 1. The molecule has 148 valence electrons. The molecule has 8 nitrogen and oxygen atoms in total. The quantitative estimate of drug-likeness (QED) is 0.501. The van der Waals surface area contributed by atoms with Crippen molar-refractivity contribution in [2.24, 2.45) is 0 Å². The molecule has 0 saturated carbocycles. The number of nitrogens with zero attached hydrogens (tertiary/aromatic N) is 5. The molecule has 5 aromatic rings. The van der Waals surface area contributed by atoms with Crippen molar-refractivity contribution >= 4 is 22.5 Å². The third kappa shape index (κ3) is 2.69. The fraction of sp³-hybridized carbons (Fsp3) is 0.0909. The van der Waals surface area contributed by atoms with Crippen molar-refractivity contribution in [1.29, 1.82) is 0 Å². The van der Waals surface area contributed by atoms with Crippen LogP contribution in [0.25, 0.3) is 33.5 Å². The number of aliphatic carboxylic acids is 1. The third-order valence-electron chi connectivity index (χ3n) is 5.16. The van der Waals surface area contributed by atoms with Crippen LogP contribution in [0.2, 0.25) is 0 Å². The molecule has 8 heteroatoms. The van der Waals surface area contributed by atoms with Crippen LogP contribution < -0.4 is 5.69 Å². The highest BCUT2D eigenvalue weighted by Gasteiger charge is 2.19. The van der Waals surface area contributed by atoms with Gasteiger partial charge in [0, 0.05) is 23.5 Å². The first-order valence-corrected chi connectivity index (χ1v) is 9.36. The van der Waals surface area contributed by atoms with Crippen molar-refractivity contribution < 1.29 is 9.90 Å². The van der Waals surface area contributed by atoms with E-state index in [1.54, 1.807) is 29.0 Å². The van der Waals surface area contributed by atoms with Crippen LogP contribution in [0.1, 0.15) is 5.56 Å². The second-order valence-electron chi connectivity index (χ2n) is 7.03. The van der Waals surface area contributed by atoms with Gasteiger partial charge in [0.2, 0.25) is 0 Å². The lowest BCUT2D eigenvalue weighted by atomic mass is 10.1. The summed E-state index contributed by atoms with van der Waals surface area (Å²) in [5.74, 6) is -0.641. The Labute approximate surface area is 170 Å². The normalized spacial score (nSPS) is 11.4. The lowest BCUT2D eigenvalue weighted by molar-refractivity contribution is -0.137. The van der Waals surface area contributed by atoms with Crippen molar-refractivity contribution in [2.75, 3.05) is 0 Å². The SMILES string of the molecule is Cc1cccc2c1n(-c1ccc(-c3cnn4ccccc34)cn1)c(=O)n2CC(=O)O. The lowest BCUT2D eigenvalue weighted by Crippen LogP contribution is -2.26. The Morgan fingerprint density at radius 1 is 1.03 bits per heavy atom. The van der Waals surface area contributed by atoms with E-state index in [1.165, 1.54) is 9.13 Å². The highest BCUT2D eigenvalue weighted by atomic mass is 16.4. The maximum atomic E-state index is 13.1. The number of pyridine rings is 2. The van der Waals surface area contributed by atoms with E-state index < -0.39 is 18.2 Å². The van der Waals surface area contributed by atoms with Crippen molar-refractivity contribution in [3.63, 3.8) is 0 Å². The molecule has 30 heavy (non-hydrogen) atoms. The molecule has 0 spiro atoms. The molecule has 0 saturated heterocycles. The number of carbonyl (C=O) groups is 1. The molecular formula is C22H17N5O3. The average molecular weight is 399 g/mol. The number of hydrogen-bond acceptors (Lipinski definition) is 4. The van der Waals surface area contributed by atoms with Crippen molar-refractivity contribution in [3.8, 4) is 16.9 Å². The molecule has 0 fully saturated rings. The van der Waals surface area contributed by atoms with Gasteiger partial charge in [0.25, 0.3) is 0 Å². The van der Waals surface area contributed by atoms with Gasteiger partial charge in [-0.2, -0.15) is 5.10 Å². The van der Waals surface area contributed by atoms with E-state index in [0.29, 0.717) is 16.9 Å². The van der Waals surface area contributed by atoms with Crippen LogP contribution in [0.4, 0.5) is 0 Å². The molecule has 5 rings (SSSR count). The second kappa shape index (κ2) is 6.70. The molecule has 4 aromatic heterocycles. The molecule has 0 amide bonds. The Balaban J connectivity index is 1.67. The zero-order valence-corrected chi connectivity index (χ0v) is 16.1. The Bertz CT molecular complexity index is 1470. The minimum Gasteiger partial charge on any atom is -0.480 e. The van der Waals surface area contributed by atoms with Gasteiger partial charge in [-0.3, -0.25) is 9.36 Å². The number of hydrogen-bond donors (Lipinski definition) is 1. The minimum absolute atomic E-state index is 0.410. The van der Waals surface area contributed by atoms with E-state index in [0.717, 1.165) is 22.2 Å². The number of para-hydroxylation sites is 1. The van der Waals surface area contributed by atoms with Gasteiger partial charge >= 0.3 is 11.7 Å². The molecule has 1 aromatic carbocycles. The fourth-order valence-electron chi connectivity index (χ4n) is 3.81. The molecule has 0 aliphatic carbocycles. The van der Waals surface area contributed by atoms with Gasteiger partial charge in [0.05, 0.1) is 22.7 Å². The Morgan fingerprint density at radius 3 is 2.63 bits per heavy atom. The second-order valence-corrected chi connectivity index (χ2v) is 7.03. The maximum Gasteiger partial charge on any atom is 0.335 e. The number of aromatic nitrogens is 5. The largest absolute Gasteiger partial charge is 0.480 e. The molecule has 0 aliphatic rings. The van der Waals surface area contributed by atoms with E-state index in [2.05, 4.69) is 10.1 Å². The number of rotatable bonds is 4. The molecule has 0 aliphatic heterocycles. The van der Waals surface area contributed by atoms with Gasteiger partial charge in [0.1, 0.15) is 12.4 Å². The molecule has 0 atom stereocenters. The van der Waals surface area contributed by atoms with Crippen molar-refractivity contribution in [1.82, 2.24) is 23.7 Å². The van der Waals surface area contributed by atoms with E-state index in [9.17, 15) is 14.7 Å². The molecule has 1 N–H and O–H groups in total. The summed E-state index contributed by atoms with van der Waals surface area (Å²) in [5, 5.41) is 13.6.